The number of hydrogen-bond donors (Lipinski definition) is 1. The minimum absolute atomic E-state index is 0.174. The van der Waals surface area contributed by atoms with Crippen molar-refractivity contribution in [1.82, 2.24) is 20.0 Å². The first-order chi connectivity index (χ1) is 14.9. The first-order valence-corrected chi connectivity index (χ1v) is 12.2. The van der Waals surface area contributed by atoms with Gasteiger partial charge in [0.2, 0.25) is 0 Å². The van der Waals surface area contributed by atoms with Crippen LogP contribution >= 0.6 is 46.1 Å². The van der Waals surface area contributed by atoms with Crippen LogP contribution in [0.1, 0.15) is 45.4 Å². The zero-order valence-electron chi connectivity index (χ0n) is 17.1. The van der Waals surface area contributed by atoms with Crippen molar-refractivity contribution in [2.24, 2.45) is 0 Å². The lowest BCUT2D eigenvalue weighted by molar-refractivity contribution is 0.0938. The van der Waals surface area contributed by atoms with Gasteiger partial charge in [0.05, 0.1) is 23.8 Å². The molecule has 2 aromatic heterocycles. The highest BCUT2D eigenvalue weighted by Gasteiger charge is 2.26. The van der Waals surface area contributed by atoms with Crippen molar-refractivity contribution in [3.05, 3.63) is 72.6 Å². The topological polar surface area (TPSA) is 50.2 Å². The van der Waals surface area contributed by atoms with Gasteiger partial charge in [0.25, 0.3) is 5.91 Å². The summed E-state index contributed by atoms with van der Waals surface area (Å²) in [5.41, 5.74) is 1.81. The molecule has 1 unspecified atom stereocenters. The second-order valence-electron chi connectivity index (χ2n) is 7.63. The average molecular weight is 498 g/mol. The fraction of sp³-hybridized carbons (Fsp3) is 0.364. The Morgan fingerprint density at radius 1 is 1.23 bits per heavy atom. The summed E-state index contributed by atoms with van der Waals surface area (Å²) >= 11 is 20.5. The van der Waals surface area contributed by atoms with E-state index < -0.39 is 0 Å². The highest BCUT2D eigenvalue weighted by atomic mass is 35.5. The summed E-state index contributed by atoms with van der Waals surface area (Å²) in [7, 11) is 0. The quantitative estimate of drug-likeness (QED) is 0.447. The summed E-state index contributed by atoms with van der Waals surface area (Å²) in [6.07, 6.45) is 2.39. The molecule has 1 amide bonds. The van der Waals surface area contributed by atoms with Gasteiger partial charge < -0.3 is 5.32 Å². The van der Waals surface area contributed by atoms with Crippen molar-refractivity contribution in [2.45, 2.75) is 32.4 Å². The third-order valence-corrected chi connectivity index (χ3v) is 7.48. The third-order valence-electron chi connectivity index (χ3n) is 5.54. The number of likely N-dealkylation sites (tertiary alicyclic amines) is 1. The van der Waals surface area contributed by atoms with Gasteiger partial charge in [0.15, 0.2) is 0 Å². The van der Waals surface area contributed by atoms with Crippen LogP contribution in [0.5, 0.6) is 0 Å². The maximum absolute atomic E-state index is 13.0. The van der Waals surface area contributed by atoms with E-state index in [0.717, 1.165) is 18.7 Å². The molecule has 9 heteroatoms. The summed E-state index contributed by atoms with van der Waals surface area (Å²) < 4.78 is 1.60. The zero-order valence-corrected chi connectivity index (χ0v) is 20.2. The van der Waals surface area contributed by atoms with Gasteiger partial charge >= 0.3 is 0 Å². The molecule has 1 aliphatic rings. The van der Waals surface area contributed by atoms with Crippen molar-refractivity contribution in [2.75, 3.05) is 19.6 Å². The number of halogens is 3. The van der Waals surface area contributed by atoms with Gasteiger partial charge in [0.1, 0.15) is 5.15 Å². The number of carbonyl (C=O) groups excluding carboxylic acids is 1. The Labute approximate surface area is 200 Å². The Morgan fingerprint density at radius 3 is 2.68 bits per heavy atom. The number of hydrogen-bond acceptors (Lipinski definition) is 4. The Hall–Kier alpha value is -1.57. The Bertz CT molecular complexity index is 1060. The van der Waals surface area contributed by atoms with Crippen LogP contribution in [0.15, 0.2) is 35.7 Å². The van der Waals surface area contributed by atoms with Gasteiger partial charge in [0, 0.05) is 21.5 Å². The van der Waals surface area contributed by atoms with E-state index in [4.69, 9.17) is 34.8 Å². The summed E-state index contributed by atoms with van der Waals surface area (Å²) in [5.74, 6) is -0.211. The van der Waals surface area contributed by atoms with Gasteiger partial charge in [-0.15, -0.1) is 11.3 Å². The third kappa shape index (κ3) is 5.10. The van der Waals surface area contributed by atoms with Crippen LogP contribution in [0.4, 0.5) is 0 Å². The molecule has 1 saturated heterocycles. The second kappa shape index (κ2) is 9.92. The van der Waals surface area contributed by atoms with E-state index in [1.54, 1.807) is 35.1 Å². The highest BCUT2D eigenvalue weighted by molar-refractivity contribution is 7.10. The molecule has 5 nitrogen and oxygen atoms in total. The molecule has 1 atom stereocenters. The monoisotopic (exact) mass is 496 g/mol. The molecule has 3 heterocycles. The van der Waals surface area contributed by atoms with Crippen molar-refractivity contribution < 1.29 is 4.79 Å². The molecule has 31 heavy (non-hydrogen) atoms. The van der Waals surface area contributed by atoms with Crippen LogP contribution in [0, 0.1) is 6.92 Å². The Kier molecular flexibility index (Phi) is 7.24. The number of nitrogens with one attached hydrogen (secondary N) is 1. The SMILES string of the molecule is Cc1nn(Cc2ccc(Cl)cc2Cl)c(Cl)c1C(=O)NCC(c1cccs1)N1CCCC1. The van der Waals surface area contributed by atoms with E-state index in [1.165, 1.54) is 17.7 Å². The summed E-state index contributed by atoms with van der Waals surface area (Å²) in [5, 5.41) is 11.0. The maximum atomic E-state index is 13.0. The molecule has 1 aliphatic heterocycles. The standard InChI is InChI=1S/C22H23Cl3N4OS/c1-14-20(21(25)29(27-14)13-15-6-7-16(23)11-17(15)24)22(30)26-12-18(19-5-4-10-31-19)28-8-2-3-9-28/h4-7,10-11,18H,2-3,8-9,12-13H2,1H3,(H,26,30). The molecule has 1 N–H and O–H groups in total. The number of aromatic nitrogens is 2. The number of amides is 1. The Balaban J connectivity index is 1.49. The fourth-order valence-corrected chi connectivity index (χ4v) is 5.60. The lowest BCUT2D eigenvalue weighted by atomic mass is 10.2. The molecule has 3 aromatic rings. The maximum Gasteiger partial charge on any atom is 0.256 e. The van der Waals surface area contributed by atoms with E-state index >= 15 is 0 Å². The lowest BCUT2D eigenvalue weighted by Crippen LogP contribution is -2.36. The molecule has 1 aromatic carbocycles. The van der Waals surface area contributed by atoms with E-state index in [2.05, 4.69) is 32.8 Å². The first kappa shape index (κ1) is 22.6. The minimum atomic E-state index is -0.211. The van der Waals surface area contributed by atoms with Crippen LogP contribution in [-0.2, 0) is 6.54 Å². The van der Waals surface area contributed by atoms with Crippen molar-refractivity contribution in [3.63, 3.8) is 0 Å². The molecule has 4 rings (SSSR count). The molecule has 1 fully saturated rings. The number of thiophene rings is 1. The molecule has 0 saturated carbocycles. The Morgan fingerprint density at radius 2 is 2.00 bits per heavy atom. The fourth-order valence-electron chi connectivity index (χ4n) is 3.95. The van der Waals surface area contributed by atoms with Crippen LogP contribution in [0.25, 0.3) is 0 Å². The smallest absolute Gasteiger partial charge is 0.256 e. The number of aryl methyl sites for hydroxylation is 1. The summed E-state index contributed by atoms with van der Waals surface area (Å²) in [6, 6.07) is 9.64. The van der Waals surface area contributed by atoms with Crippen LogP contribution in [-0.4, -0.2) is 40.2 Å². The number of carbonyl (C=O) groups is 1. The second-order valence-corrected chi connectivity index (χ2v) is 9.81. The molecule has 0 aliphatic carbocycles. The predicted octanol–water partition coefficient (Wildman–Crippen LogP) is 5.83. The summed E-state index contributed by atoms with van der Waals surface area (Å²) in [4.78, 5) is 16.7. The molecule has 164 valence electrons. The minimum Gasteiger partial charge on any atom is -0.350 e. The largest absolute Gasteiger partial charge is 0.350 e. The van der Waals surface area contributed by atoms with E-state index in [1.807, 2.05) is 6.07 Å². The van der Waals surface area contributed by atoms with E-state index in [0.29, 0.717) is 39.5 Å². The van der Waals surface area contributed by atoms with Gasteiger partial charge in [-0.3, -0.25) is 9.69 Å². The normalized spacial score (nSPS) is 15.4. The zero-order chi connectivity index (χ0) is 22.0. The van der Waals surface area contributed by atoms with Gasteiger partial charge in [-0.05, 0) is 62.0 Å². The molecule has 0 radical (unpaired) electrons. The van der Waals surface area contributed by atoms with Gasteiger partial charge in [-0.2, -0.15) is 5.10 Å². The van der Waals surface area contributed by atoms with Gasteiger partial charge in [-0.25, -0.2) is 4.68 Å². The first-order valence-electron chi connectivity index (χ1n) is 10.2. The average Bonchev–Trinajstić information content (AvgIpc) is 3.48. The van der Waals surface area contributed by atoms with Crippen molar-refractivity contribution in [1.29, 1.82) is 0 Å². The number of rotatable bonds is 7. The van der Waals surface area contributed by atoms with E-state index in [-0.39, 0.29) is 11.9 Å². The molecular formula is C22H23Cl3N4OS. The van der Waals surface area contributed by atoms with Crippen molar-refractivity contribution in [3.8, 4) is 0 Å². The number of nitrogens with zero attached hydrogens (tertiary/aromatic N) is 3. The molecule has 0 spiro atoms. The lowest BCUT2D eigenvalue weighted by Gasteiger charge is -2.26. The van der Waals surface area contributed by atoms with Crippen LogP contribution < -0.4 is 5.32 Å². The molecular weight excluding hydrogens is 475 g/mol. The summed E-state index contributed by atoms with van der Waals surface area (Å²) in [6.45, 7) is 4.78. The van der Waals surface area contributed by atoms with Crippen LogP contribution in [0.3, 0.4) is 0 Å². The van der Waals surface area contributed by atoms with Gasteiger partial charge in [-0.1, -0.05) is 46.9 Å². The number of benzene rings is 1. The molecule has 0 bridgehead atoms. The predicted molar refractivity (Wildman–Crippen MR) is 128 cm³/mol. The van der Waals surface area contributed by atoms with Crippen LogP contribution in [0.2, 0.25) is 15.2 Å². The highest BCUT2D eigenvalue weighted by Crippen LogP contribution is 2.29. The van der Waals surface area contributed by atoms with Crippen molar-refractivity contribution >= 4 is 52.0 Å². The van der Waals surface area contributed by atoms with E-state index in [9.17, 15) is 4.79 Å².